The zero-order valence-electron chi connectivity index (χ0n) is 25.5. The number of benzene rings is 1. The van der Waals surface area contributed by atoms with Gasteiger partial charge in [-0.1, -0.05) is 36.4 Å². The first-order valence-electron chi connectivity index (χ1n) is 15.3. The fourth-order valence-electron chi connectivity index (χ4n) is 6.09. The number of carbonyl (C=O) groups excluding carboxylic acids is 5. The lowest BCUT2D eigenvalue weighted by atomic mass is 9.97. The highest BCUT2D eigenvalue weighted by Crippen LogP contribution is 2.23. The lowest BCUT2D eigenvalue weighted by molar-refractivity contribution is -0.147. The highest BCUT2D eigenvalue weighted by atomic mass is 16.5. The van der Waals surface area contributed by atoms with E-state index in [1.54, 1.807) is 19.1 Å². The van der Waals surface area contributed by atoms with E-state index in [1.807, 2.05) is 30.3 Å². The van der Waals surface area contributed by atoms with Gasteiger partial charge < -0.3 is 35.2 Å². The zero-order chi connectivity index (χ0) is 32.1. The molecule has 0 spiro atoms. The predicted molar refractivity (Wildman–Crippen MR) is 161 cm³/mol. The number of hydrogen-bond acceptors (Lipinski definition) is 8. The number of hydrogen-bond donors (Lipinski definition) is 3. The van der Waals surface area contributed by atoms with Gasteiger partial charge in [-0.2, -0.15) is 0 Å². The first-order chi connectivity index (χ1) is 21.6. The summed E-state index contributed by atoms with van der Waals surface area (Å²) >= 11 is 0. The summed E-state index contributed by atoms with van der Waals surface area (Å²) in [5.74, 6) is -2.41. The Morgan fingerprint density at radius 1 is 1.02 bits per heavy atom. The highest BCUT2D eigenvalue weighted by Gasteiger charge is 2.41. The molecule has 1 aromatic heterocycles. The molecule has 4 heterocycles. The van der Waals surface area contributed by atoms with Crippen molar-refractivity contribution in [2.75, 3.05) is 33.3 Å². The molecule has 3 aliphatic rings. The molecule has 0 radical (unpaired) electrons. The molecule has 0 saturated carbocycles. The summed E-state index contributed by atoms with van der Waals surface area (Å²) in [6.45, 7) is 1.55. The number of aliphatic hydroxyl groups is 1. The topological polar surface area (TPSA) is 161 Å². The van der Waals surface area contributed by atoms with Crippen LogP contribution in [0.4, 0.5) is 0 Å². The van der Waals surface area contributed by atoms with E-state index in [0.717, 1.165) is 5.56 Å². The summed E-state index contributed by atoms with van der Waals surface area (Å²) < 4.78 is 5.87. The van der Waals surface area contributed by atoms with E-state index >= 15 is 0 Å². The number of carbonyl (C=O) groups is 5. The van der Waals surface area contributed by atoms with Gasteiger partial charge in [0.1, 0.15) is 42.6 Å². The number of ether oxygens (including phenoxy) is 1. The Bertz CT molecular complexity index is 1390. The number of aromatic nitrogens is 1. The summed E-state index contributed by atoms with van der Waals surface area (Å²) in [6, 6.07) is 10.6. The molecular weight excluding hydrogens is 580 g/mol. The molecule has 0 unspecified atom stereocenters. The average Bonchev–Trinajstić information content (AvgIpc) is 3.55. The molecule has 5 amide bonds. The summed E-state index contributed by atoms with van der Waals surface area (Å²) in [4.78, 5) is 76.3. The van der Waals surface area contributed by atoms with Gasteiger partial charge in [0, 0.05) is 32.8 Å². The number of nitrogens with zero attached hydrogens (tertiary/aromatic N) is 4. The molecule has 240 valence electrons. The lowest BCUT2D eigenvalue weighted by Gasteiger charge is -2.38. The van der Waals surface area contributed by atoms with Gasteiger partial charge in [-0.15, -0.1) is 0 Å². The third-order valence-corrected chi connectivity index (χ3v) is 8.86. The van der Waals surface area contributed by atoms with Gasteiger partial charge in [-0.3, -0.25) is 29.0 Å². The van der Waals surface area contributed by atoms with Crippen LogP contribution < -0.4 is 10.6 Å². The number of rotatable bonds is 3. The summed E-state index contributed by atoms with van der Waals surface area (Å²) in [5, 5.41) is 17.0. The van der Waals surface area contributed by atoms with E-state index in [2.05, 4.69) is 15.6 Å². The minimum atomic E-state index is -1.22. The molecule has 1 aromatic carbocycles. The van der Waals surface area contributed by atoms with Gasteiger partial charge in [0.05, 0.1) is 12.6 Å². The summed E-state index contributed by atoms with van der Waals surface area (Å²) in [5.41, 5.74) is 0.928. The number of nitrogens with one attached hydrogen (secondary N) is 2. The van der Waals surface area contributed by atoms with E-state index < -0.39 is 65.9 Å². The SMILES string of the molecule is C[C@H]1C(=O)N[C@@H](Cc2ccccc2)C(=O)N[C@H]2CCO[C@H](CN(C(=O)c3ccccn3)CC(=O)N3CCC[C@H]3C(=O)N1C)[C@H]2O. The van der Waals surface area contributed by atoms with Crippen molar-refractivity contribution >= 4 is 29.5 Å². The van der Waals surface area contributed by atoms with E-state index in [9.17, 15) is 29.1 Å². The second-order valence-corrected chi connectivity index (χ2v) is 11.8. The van der Waals surface area contributed by atoms with Crippen molar-refractivity contribution in [3.05, 3.63) is 66.0 Å². The van der Waals surface area contributed by atoms with E-state index in [-0.39, 0.29) is 31.8 Å². The van der Waals surface area contributed by atoms with E-state index in [1.165, 1.54) is 34.0 Å². The Morgan fingerprint density at radius 3 is 2.51 bits per heavy atom. The van der Waals surface area contributed by atoms with Crippen LogP contribution in [-0.4, -0.2) is 124 Å². The minimum Gasteiger partial charge on any atom is -0.388 e. The van der Waals surface area contributed by atoms with Gasteiger partial charge in [-0.05, 0) is 43.9 Å². The molecule has 5 rings (SSSR count). The van der Waals surface area contributed by atoms with Crippen molar-refractivity contribution in [1.82, 2.24) is 30.3 Å². The molecule has 3 fully saturated rings. The van der Waals surface area contributed by atoms with E-state index in [0.29, 0.717) is 25.8 Å². The fraction of sp³-hybridized carbons (Fsp3) is 0.500. The van der Waals surface area contributed by atoms with E-state index in [4.69, 9.17) is 4.74 Å². The van der Waals surface area contributed by atoms with Crippen molar-refractivity contribution in [2.45, 2.75) is 69.0 Å². The number of pyridine rings is 1. The second kappa shape index (κ2) is 14.2. The van der Waals surface area contributed by atoms with Crippen LogP contribution in [0.15, 0.2) is 54.7 Å². The molecule has 0 aliphatic carbocycles. The molecule has 6 atom stereocenters. The van der Waals surface area contributed by atoms with Crippen molar-refractivity contribution in [1.29, 1.82) is 0 Å². The third-order valence-electron chi connectivity index (χ3n) is 8.86. The van der Waals surface area contributed by atoms with Gasteiger partial charge in [0.2, 0.25) is 23.6 Å². The maximum atomic E-state index is 13.7. The van der Waals surface area contributed by atoms with Crippen LogP contribution in [0, 0.1) is 0 Å². The molecule has 2 bridgehead atoms. The quantitative estimate of drug-likeness (QED) is 0.423. The number of likely N-dealkylation sites (N-methyl/N-ethyl adjacent to an activating group) is 1. The van der Waals surface area contributed by atoms with Gasteiger partial charge in [0.25, 0.3) is 5.91 Å². The Morgan fingerprint density at radius 2 is 1.78 bits per heavy atom. The molecule has 3 saturated heterocycles. The Balaban J connectivity index is 1.48. The van der Waals surface area contributed by atoms with Crippen molar-refractivity contribution < 1.29 is 33.8 Å². The Labute approximate surface area is 261 Å². The molecule has 13 nitrogen and oxygen atoms in total. The van der Waals surface area contributed by atoms with Crippen LogP contribution in [0.2, 0.25) is 0 Å². The van der Waals surface area contributed by atoms with Crippen LogP contribution in [0.3, 0.4) is 0 Å². The van der Waals surface area contributed by atoms with Gasteiger partial charge >= 0.3 is 0 Å². The van der Waals surface area contributed by atoms with Crippen molar-refractivity contribution in [3.63, 3.8) is 0 Å². The predicted octanol–water partition coefficient (Wildman–Crippen LogP) is -0.263. The lowest BCUT2D eigenvalue weighted by Crippen LogP contribution is -2.60. The first kappa shape index (κ1) is 32.0. The van der Waals surface area contributed by atoms with Gasteiger partial charge in [0.15, 0.2) is 0 Å². The molecule has 2 aromatic rings. The molecule has 3 aliphatic heterocycles. The fourth-order valence-corrected chi connectivity index (χ4v) is 6.09. The van der Waals surface area contributed by atoms with Crippen LogP contribution in [0.1, 0.15) is 42.2 Å². The van der Waals surface area contributed by atoms with Crippen LogP contribution in [-0.2, 0) is 30.3 Å². The smallest absolute Gasteiger partial charge is 0.273 e. The minimum absolute atomic E-state index is 0.113. The van der Waals surface area contributed by atoms with Crippen molar-refractivity contribution in [2.24, 2.45) is 0 Å². The highest BCUT2D eigenvalue weighted by molar-refractivity contribution is 5.97. The maximum absolute atomic E-state index is 13.7. The first-order valence-corrected chi connectivity index (χ1v) is 15.3. The summed E-state index contributed by atoms with van der Waals surface area (Å²) in [6.07, 6.45) is 0.795. The second-order valence-electron chi connectivity index (χ2n) is 11.8. The normalized spacial score (nSPS) is 28.6. The number of aliphatic hydroxyl groups excluding tert-OH is 1. The third kappa shape index (κ3) is 7.31. The Kier molecular flexibility index (Phi) is 10.1. The molecule has 45 heavy (non-hydrogen) atoms. The Hall–Kier alpha value is -4.36. The standard InChI is InChI=1S/C32H40N6O7/c1-20-29(41)35-24(17-21-9-4-3-5-10-21)30(42)34-22-13-16-45-26(28(22)40)18-37(31(43)23-11-6-7-14-33-23)19-27(39)38-15-8-12-25(38)32(44)36(20)2/h3-7,9-11,14,20,22,24-26,28,40H,8,12-13,15-19H2,1-2H3,(H,34,42)(H,35,41)/t20-,22-,24-,25-,26+,28-/m0/s1. The zero-order valence-corrected chi connectivity index (χ0v) is 25.5. The molecular formula is C32H40N6O7. The van der Waals surface area contributed by atoms with Crippen molar-refractivity contribution in [3.8, 4) is 0 Å². The molecule has 3 N–H and O–H groups in total. The summed E-state index contributed by atoms with van der Waals surface area (Å²) in [7, 11) is 1.50. The van der Waals surface area contributed by atoms with Crippen LogP contribution in [0.5, 0.6) is 0 Å². The average molecular weight is 621 g/mol. The molecule has 13 heteroatoms. The maximum Gasteiger partial charge on any atom is 0.273 e. The largest absolute Gasteiger partial charge is 0.388 e. The number of amides is 5. The number of fused-ring (bicyclic) bond motifs is 3. The van der Waals surface area contributed by atoms with Gasteiger partial charge in [-0.25, -0.2) is 0 Å². The monoisotopic (exact) mass is 620 g/mol. The van der Waals surface area contributed by atoms with Crippen LogP contribution in [0.25, 0.3) is 0 Å². The van der Waals surface area contributed by atoms with Crippen LogP contribution >= 0.6 is 0 Å².